The van der Waals surface area contributed by atoms with Gasteiger partial charge in [-0.25, -0.2) is 4.79 Å². The van der Waals surface area contributed by atoms with Gasteiger partial charge in [0.2, 0.25) is 0 Å². The monoisotopic (exact) mass is 304 g/mol. The molecule has 19 heavy (non-hydrogen) atoms. The number of rotatable bonds is 7. The molecule has 0 fully saturated rings. The van der Waals surface area contributed by atoms with Crippen molar-refractivity contribution in [3.63, 3.8) is 0 Å². The zero-order chi connectivity index (χ0) is 15.3. The van der Waals surface area contributed by atoms with Crippen LogP contribution in [-0.4, -0.2) is 70.3 Å². The van der Waals surface area contributed by atoms with E-state index in [2.05, 4.69) is 4.74 Å². The first kappa shape index (κ1) is 20.9. The van der Waals surface area contributed by atoms with Crippen LogP contribution in [0.25, 0.3) is 0 Å². The SMILES string of the molecule is CC=CC(=O)OCCC(=O)O.O=S(=O)(O)CC[CH2][Na]. The molecule has 0 aromatic rings. The zero-order valence-corrected chi connectivity index (χ0v) is 13.9. The van der Waals surface area contributed by atoms with Gasteiger partial charge in [0.15, 0.2) is 0 Å². The van der Waals surface area contributed by atoms with Gasteiger partial charge < -0.3 is 9.84 Å². The van der Waals surface area contributed by atoms with Crippen LogP contribution in [0.15, 0.2) is 12.2 Å². The zero-order valence-electron chi connectivity index (χ0n) is 11.0. The number of hydrogen-bond acceptors (Lipinski definition) is 5. The molecule has 0 saturated heterocycles. The van der Waals surface area contributed by atoms with E-state index in [4.69, 9.17) is 9.66 Å². The molecular weight excluding hydrogens is 287 g/mol. The first-order valence-corrected chi connectivity index (χ1v) is 8.71. The summed E-state index contributed by atoms with van der Waals surface area (Å²) < 4.78 is 33.5. The number of carboxylic acids is 1. The van der Waals surface area contributed by atoms with Crippen LogP contribution >= 0.6 is 0 Å². The molecule has 106 valence electrons. The molecule has 0 aliphatic rings. The van der Waals surface area contributed by atoms with Gasteiger partial charge in [0.25, 0.3) is 0 Å². The van der Waals surface area contributed by atoms with Crippen LogP contribution in [0.4, 0.5) is 0 Å². The molecule has 0 aliphatic carbocycles. The van der Waals surface area contributed by atoms with Gasteiger partial charge in [0, 0.05) is 6.08 Å². The third-order valence-electron chi connectivity index (χ3n) is 1.62. The molecule has 0 spiro atoms. The van der Waals surface area contributed by atoms with Gasteiger partial charge in [-0.05, 0) is 6.92 Å². The molecule has 0 aromatic carbocycles. The van der Waals surface area contributed by atoms with E-state index in [1.165, 1.54) is 12.2 Å². The van der Waals surface area contributed by atoms with Gasteiger partial charge in [0.05, 0.1) is 6.42 Å². The third-order valence-corrected chi connectivity index (χ3v) is 3.13. The summed E-state index contributed by atoms with van der Waals surface area (Å²) in [4.78, 5) is 20.5. The Bertz CT molecular complexity index is 389. The van der Waals surface area contributed by atoms with E-state index >= 15 is 0 Å². The van der Waals surface area contributed by atoms with Crippen LogP contribution < -0.4 is 0 Å². The van der Waals surface area contributed by atoms with E-state index in [9.17, 15) is 18.0 Å². The number of carbonyl (C=O) groups excluding carboxylic acids is 1. The van der Waals surface area contributed by atoms with Gasteiger partial charge in [-0.3, -0.25) is 4.79 Å². The van der Waals surface area contributed by atoms with Gasteiger partial charge >= 0.3 is 78.8 Å². The Balaban J connectivity index is 0. The second kappa shape index (κ2) is 12.6. The summed E-state index contributed by atoms with van der Waals surface area (Å²) in [5.74, 6) is -1.55. The van der Waals surface area contributed by atoms with Crippen LogP contribution in [-0.2, 0) is 24.4 Å². The second-order valence-electron chi connectivity index (χ2n) is 3.45. The molecule has 0 unspecified atom stereocenters. The summed E-state index contributed by atoms with van der Waals surface area (Å²) in [5, 5.41) is 8.15. The molecule has 0 amide bonds. The molecule has 0 saturated carbocycles. The fourth-order valence-corrected chi connectivity index (χ4v) is 2.27. The minimum absolute atomic E-state index is 0.0709. The van der Waals surface area contributed by atoms with Crippen molar-refractivity contribution in [1.29, 1.82) is 0 Å². The van der Waals surface area contributed by atoms with Crippen molar-refractivity contribution in [2.45, 2.75) is 23.4 Å². The maximum absolute atomic E-state index is 10.5. The topological polar surface area (TPSA) is 118 Å². The van der Waals surface area contributed by atoms with Crippen LogP contribution in [0.1, 0.15) is 19.8 Å². The van der Waals surface area contributed by atoms with E-state index in [1.54, 1.807) is 6.92 Å². The van der Waals surface area contributed by atoms with Crippen molar-refractivity contribution in [1.82, 2.24) is 0 Å². The molecule has 0 rings (SSSR count). The summed E-state index contributed by atoms with van der Waals surface area (Å²) in [6.45, 7) is 1.61. The second-order valence-corrected chi connectivity index (χ2v) is 6.02. The number of aliphatic carboxylic acids is 1. The van der Waals surface area contributed by atoms with Crippen LogP contribution in [0.5, 0.6) is 0 Å². The first-order chi connectivity index (χ1) is 8.72. The quantitative estimate of drug-likeness (QED) is 0.303. The van der Waals surface area contributed by atoms with Crippen molar-refractivity contribution in [3.8, 4) is 0 Å². The molecule has 0 bridgehead atoms. The Morgan fingerprint density at radius 3 is 2.26 bits per heavy atom. The number of allylic oxidation sites excluding steroid dienone is 1. The summed E-state index contributed by atoms with van der Waals surface area (Å²) in [5.41, 5.74) is 0. The summed E-state index contributed by atoms with van der Waals surface area (Å²) in [6.07, 6.45) is 3.22. The summed E-state index contributed by atoms with van der Waals surface area (Å²) >= 11 is 1.01. The molecule has 0 aliphatic heterocycles. The Morgan fingerprint density at radius 2 is 1.95 bits per heavy atom. The van der Waals surface area contributed by atoms with Crippen LogP contribution in [0, 0.1) is 0 Å². The standard InChI is InChI=1S/C7H10O4.C3H7O3S.Na/c1-2-3-7(10)11-5-4-6(8)9;1-2-3-7(4,5)6;/h2-3H,4-5H2,1H3,(H,8,9);1-3H2,(H,4,5,6);. The molecule has 0 aromatic heterocycles. The van der Waals surface area contributed by atoms with Gasteiger partial charge in [-0.1, -0.05) is 6.08 Å². The number of esters is 1. The molecule has 0 heterocycles. The first-order valence-electron chi connectivity index (χ1n) is 5.69. The van der Waals surface area contributed by atoms with E-state index < -0.39 is 22.1 Å². The van der Waals surface area contributed by atoms with Gasteiger partial charge in [-0.15, -0.1) is 0 Å². The van der Waals surface area contributed by atoms with Crippen molar-refractivity contribution < 1.29 is 32.4 Å². The average Bonchev–Trinajstić information content (AvgIpc) is 2.26. The van der Waals surface area contributed by atoms with E-state index in [0.29, 0.717) is 6.42 Å². The average molecular weight is 304 g/mol. The van der Waals surface area contributed by atoms with Crippen LogP contribution in [0.3, 0.4) is 0 Å². The third kappa shape index (κ3) is 23.1. The number of carboxylic acid groups (broad SMARTS) is 1. The van der Waals surface area contributed by atoms with Crippen molar-refractivity contribution in [2.24, 2.45) is 0 Å². The Kier molecular flexibility index (Phi) is 13.9. The molecule has 9 heteroatoms. The predicted octanol–water partition coefficient (Wildman–Crippen LogP) is 0.431. The Morgan fingerprint density at radius 1 is 1.37 bits per heavy atom. The van der Waals surface area contributed by atoms with E-state index in [0.717, 1.165) is 31.6 Å². The number of carbonyl (C=O) groups is 2. The molecule has 2 N–H and O–H groups in total. The Hall–Kier alpha value is -0.410. The number of ether oxygens (including phenoxy) is 1. The maximum atomic E-state index is 10.5. The van der Waals surface area contributed by atoms with E-state index in [-0.39, 0.29) is 18.8 Å². The van der Waals surface area contributed by atoms with Crippen molar-refractivity contribution >= 4 is 50.0 Å². The minimum atomic E-state index is -3.66. The fraction of sp³-hybridized carbons (Fsp3) is 0.600. The molecular formula is C10H17NaO7S. The van der Waals surface area contributed by atoms with E-state index in [1.807, 2.05) is 0 Å². The molecule has 0 atom stereocenters. The predicted molar refractivity (Wildman–Crippen MR) is 69.6 cm³/mol. The normalized spacial score (nSPS) is 10.7. The number of hydrogen-bond donors (Lipinski definition) is 2. The van der Waals surface area contributed by atoms with Crippen molar-refractivity contribution in [2.75, 3.05) is 12.4 Å². The fourth-order valence-electron chi connectivity index (χ4n) is 0.750. The summed E-state index contributed by atoms with van der Waals surface area (Å²) in [6, 6.07) is 0. The van der Waals surface area contributed by atoms with Crippen molar-refractivity contribution in [3.05, 3.63) is 12.2 Å². The molecule has 7 nitrogen and oxygen atoms in total. The molecule has 0 radical (unpaired) electrons. The summed E-state index contributed by atoms with van der Waals surface area (Å²) in [7, 11) is -3.66. The van der Waals surface area contributed by atoms with Gasteiger partial charge in [0.1, 0.15) is 6.61 Å². The van der Waals surface area contributed by atoms with Gasteiger partial charge in [-0.2, -0.15) is 0 Å². The van der Waals surface area contributed by atoms with Crippen LogP contribution in [0.2, 0.25) is 3.67 Å². The Labute approximate surface area is 130 Å².